The topological polar surface area (TPSA) is 73.4 Å². The summed E-state index contributed by atoms with van der Waals surface area (Å²) in [5, 5.41) is 2.91. The van der Waals surface area contributed by atoms with Crippen LogP contribution in [0.15, 0.2) is 54.7 Å². The highest BCUT2D eigenvalue weighted by Gasteiger charge is 2.29. The van der Waals surface area contributed by atoms with Crippen molar-refractivity contribution < 1.29 is 23.6 Å². The normalized spacial score (nSPS) is 12.3. The van der Waals surface area contributed by atoms with Gasteiger partial charge in [-0.15, -0.1) is 0 Å². The number of nitrogens with one attached hydrogen (secondary N) is 1. The third kappa shape index (κ3) is 4.45. The van der Waals surface area contributed by atoms with Gasteiger partial charge in [0.1, 0.15) is 11.9 Å². The standard InChI is InChI=1S/C24H25N3O4/c1-3-31-24(29)18-6-10-19(11-7-18)25-22(28)16-26-15-21(27-14-4-5-23(26)27)17-8-12-20(30-2)13-9-17/h6-13,15H,3-5,14,16H2,1-2H3/p+1. The van der Waals surface area contributed by atoms with Crippen molar-refractivity contribution in [3.05, 3.63) is 66.1 Å². The van der Waals surface area contributed by atoms with Crippen LogP contribution in [0.3, 0.4) is 0 Å². The van der Waals surface area contributed by atoms with Crippen LogP contribution in [0.4, 0.5) is 5.69 Å². The van der Waals surface area contributed by atoms with Crippen molar-refractivity contribution in [2.75, 3.05) is 19.0 Å². The quantitative estimate of drug-likeness (QED) is 0.471. The second kappa shape index (κ2) is 9.04. The van der Waals surface area contributed by atoms with Gasteiger partial charge in [-0.2, -0.15) is 0 Å². The molecule has 0 unspecified atom stereocenters. The summed E-state index contributed by atoms with van der Waals surface area (Å²) in [5.74, 6) is 1.48. The molecule has 31 heavy (non-hydrogen) atoms. The lowest BCUT2D eigenvalue weighted by atomic mass is 10.1. The molecule has 4 rings (SSSR count). The van der Waals surface area contributed by atoms with Gasteiger partial charge in [0.05, 0.1) is 32.2 Å². The number of ether oxygens (including phenoxy) is 2. The summed E-state index contributed by atoms with van der Waals surface area (Å²) in [5.41, 5.74) is 3.30. The Morgan fingerprint density at radius 1 is 1.10 bits per heavy atom. The Bertz CT molecular complexity index is 1090. The molecule has 1 N–H and O–H groups in total. The van der Waals surface area contributed by atoms with Crippen molar-refractivity contribution in [1.29, 1.82) is 0 Å². The number of amides is 1. The lowest BCUT2D eigenvalue weighted by molar-refractivity contribution is -0.690. The molecule has 0 spiro atoms. The third-order valence-corrected chi connectivity index (χ3v) is 5.37. The Morgan fingerprint density at radius 2 is 1.84 bits per heavy atom. The fraction of sp³-hybridized carbons (Fsp3) is 0.292. The predicted octanol–water partition coefficient (Wildman–Crippen LogP) is 3.21. The van der Waals surface area contributed by atoms with Crippen LogP contribution >= 0.6 is 0 Å². The van der Waals surface area contributed by atoms with Gasteiger partial charge in [-0.25, -0.2) is 13.9 Å². The van der Waals surface area contributed by atoms with Crippen LogP contribution < -0.4 is 14.6 Å². The van der Waals surface area contributed by atoms with E-state index in [9.17, 15) is 9.59 Å². The minimum absolute atomic E-state index is 0.115. The number of fused-ring (bicyclic) bond motifs is 1. The number of imidazole rings is 1. The highest BCUT2D eigenvalue weighted by Crippen LogP contribution is 2.26. The zero-order chi connectivity index (χ0) is 21.8. The van der Waals surface area contributed by atoms with E-state index in [0.29, 0.717) is 17.9 Å². The van der Waals surface area contributed by atoms with Gasteiger partial charge in [0.15, 0.2) is 12.2 Å². The second-order valence-electron chi connectivity index (χ2n) is 7.39. The molecule has 160 valence electrons. The average molecular weight is 420 g/mol. The number of rotatable bonds is 7. The van der Waals surface area contributed by atoms with Crippen LogP contribution in [0.2, 0.25) is 0 Å². The molecule has 7 heteroatoms. The molecular weight excluding hydrogens is 394 g/mol. The largest absolute Gasteiger partial charge is 0.497 e. The maximum absolute atomic E-state index is 12.7. The average Bonchev–Trinajstić information content (AvgIpc) is 3.38. The van der Waals surface area contributed by atoms with Crippen molar-refractivity contribution in [1.82, 2.24) is 4.57 Å². The fourth-order valence-corrected chi connectivity index (χ4v) is 3.90. The van der Waals surface area contributed by atoms with Gasteiger partial charge in [0.25, 0.3) is 11.7 Å². The molecule has 1 amide bonds. The van der Waals surface area contributed by atoms with E-state index < -0.39 is 0 Å². The summed E-state index contributed by atoms with van der Waals surface area (Å²) in [6.07, 6.45) is 4.05. The number of methoxy groups -OCH3 is 1. The minimum Gasteiger partial charge on any atom is -0.497 e. The van der Waals surface area contributed by atoms with Crippen LogP contribution in [-0.4, -0.2) is 30.2 Å². The van der Waals surface area contributed by atoms with Gasteiger partial charge < -0.3 is 14.8 Å². The van der Waals surface area contributed by atoms with E-state index in [2.05, 4.69) is 9.88 Å². The van der Waals surface area contributed by atoms with E-state index in [-0.39, 0.29) is 18.4 Å². The number of anilines is 1. The number of hydrogen-bond donors (Lipinski definition) is 1. The second-order valence-corrected chi connectivity index (χ2v) is 7.39. The number of carbonyl (C=O) groups is 2. The molecule has 0 radical (unpaired) electrons. The Morgan fingerprint density at radius 3 is 2.52 bits per heavy atom. The number of benzene rings is 2. The Balaban J connectivity index is 1.48. The molecule has 0 bridgehead atoms. The van der Waals surface area contributed by atoms with Crippen LogP contribution in [0.5, 0.6) is 5.75 Å². The summed E-state index contributed by atoms with van der Waals surface area (Å²) >= 11 is 0. The van der Waals surface area contributed by atoms with Crippen LogP contribution in [-0.2, 0) is 29.0 Å². The van der Waals surface area contributed by atoms with E-state index in [1.807, 2.05) is 35.0 Å². The molecule has 0 saturated heterocycles. The van der Waals surface area contributed by atoms with E-state index in [0.717, 1.165) is 42.2 Å². The first-order chi connectivity index (χ1) is 15.1. The molecule has 1 aliphatic heterocycles. The predicted molar refractivity (Wildman–Crippen MR) is 116 cm³/mol. The summed E-state index contributed by atoms with van der Waals surface area (Å²) < 4.78 is 14.5. The minimum atomic E-state index is -0.369. The Hall–Kier alpha value is -3.61. The van der Waals surface area contributed by atoms with Crippen LogP contribution in [0.25, 0.3) is 11.3 Å². The molecule has 1 aromatic heterocycles. The van der Waals surface area contributed by atoms with Gasteiger partial charge >= 0.3 is 5.97 Å². The monoisotopic (exact) mass is 420 g/mol. The summed E-state index contributed by atoms with van der Waals surface area (Å²) in [6.45, 7) is 3.27. The van der Waals surface area contributed by atoms with Gasteiger partial charge in [0.2, 0.25) is 0 Å². The zero-order valence-electron chi connectivity index (χ0n) is 17.8. The fourth-order valence-electron chi connectivity index (χ4n) is 3.90. The van der Waals surface area contributed by atoms with Crippen LogP contribution in [0, 0.1) is 0 Å². The molecule has 0 saturated carbocycles. The maximum atomic E-state index is 12.7. The van der Waals surface area contributed by atoms with Crippen molar-refractivity contribution in [2.24, 2.45) is 0 Å². The van der Waals surface area contributed by atoms with Crippen molar-refractivity contribution in [3.63, 3.8) is 0 Å². The molecule has 2 heterocycles. The first-order valence-corrected chi connectivity index (χ1v) is 10.4. The molecule has 0 fully saturated rings. The third-order valence-electron chi connectivity index (χ3n) is 5.37. The highest BCUT2D eigenvalue weighted by molar-refractivity contribution is 5.92. The van der Waals surface area contributed by atoms with E-state index in [1.165, 1.54) is 0 Å². The van der Waals surface area contributed by atoms with Crippen molar-refractivity contribution in [2.45, 2.75) is 32.9 Å². The molecule has 0 aliphatic carbocycles. The summed E-state index contributed by atoms with van der Waals surface area (Å²) in [7, 11) is 1.65. The summed E-state index contributed by atoms with van der Waals surface area (Å²) in [4.78, 5) is 24.4. The molecule has 2 aromatic carbocycles. The first kappa shape index (κ1) is 20.7. The SMILES string of the molecule is CCOC(=O)c1ccc(NC(=O)C[n+]2cc(-c3ccc(OC)cc3)n3c2CCC3)cc1. The Labute approximate surface area is 181 Å². The number of nitrogens with zero attached hydrogens (tertiary/aromatic N) is 2. The molecular formula is C24H26N3O4+. The summed E-state index contributed by atoms with van der Waals surface area (Å²) in [6, 6.07) is 14.7. The zero-order valence-corrected chi connectivity index (χ0v) is 17.8. The van der Waals surface area contributed by atoms with E-state index in [1.54, 1.807) is 38.3 Å². The lowest BCUT2D eigenvalue weighted by Crippen LogP contribution is -2.42. The highest BCUT2D eigenvalue weighted by atomic mass is 16.5. The number of carbonyl (C=O) groups excluding carboxylic acids is 2. The smallest absolute Gasteiger partial charge is 0.338 e. The number of esters is 1. The van der Waals surface area contributed by atoms with Gasteiger partial charge in [0, 0.05) is 11.3 Å². The van der Waals surface area contributed by atoms with Crippen LogP contribution in [0.1, 0.15) is 29.5 Å². The molecule has 3 aromatic rings. The molecule has 7 nitrogen and oxygen atoms in total. The van der Waals surface area contributed by atoms with E-state index >= 15 is 0 Å². The van der Waals surface area contributed by atoms with Crippen molar-refractivity contribution >= 4 is 17.6 Å². The lowest BCUT2D eigenvalue weighted by Gasteiger charge is -2.06. The van der Waals surface area contributed by atoms with Crippen molar-refractivity contribution in [3.8, 4) is 17.0 Å². The van der Waals surface area contributed by atoms with Gasteiger partial charge in [-0.1, -0.05) is 0 Å². The van der Waals surface area contributed by atoms with Gasteiger partial charge in [-0.3, -0.25) is 4.79 Å². The number of aromatic nitrogens is 2. The first-order valence-electron chi connectivity index (χ1n) is 10.4. The Kier molecular flexibility index (Phi) is 6.02. The number of hydrogen-bond acceptors (Lipinski definition) is 4. The van der Waals surface area contributed by atoms with Gasteiger partial charge in [-0.05, 0) is 61.9 Å². The van der Waals surface area contributed by atoms with E-state index in [4.69, 9.17) is 9.47 Å². The molecule has 1 aliphatic rings. The molecule has 0 atom stereocenters. The maximum Gasteiger partial charge on any atom is 0.338 e.